The van der Waals surface area contributed by atoms with E-state index in [1.54, 1.807) is 0 Å². The summed E-state index contributed by atoms with van der Waals surface area (Å²) in [5, 5.41) is 0. The molecule has 19 heavy (non-hydrogen) atoms. The van der Waals surface area contributed by atoms with Crippen molar-refractivity contribution in [3.8, 4) is 0 Å². The molecule has 0 aliphatic carbocycles. The van der Waals surface area contributed by atoms with Crippen molar-refractivity contribution in [3.63, 3.8) is 0 Å². The van der Waals surface area contributed by atoms with Crippen LogP contribution in [-0.2, 0) is 7.05 Å². The third-order valence-electron chi connectivity index (χ3n) is 4.18. The minimum Gasteiger partial charge on any atom is -0.369 e. The molecule has 4 heteroatoms. The van der Waals surface area contributed by atoms with E-state index in [-0.39, 0.29) is 5.54 Å². The van der Waals surface area contributed by atoms with Crippen LogP contribution in [0.15, 0.2) is 24.5 Å². The second-order valence-electron chi connectivity index (χ2n) is 5.60. The lowest BCUT2D eigenvalue weighted by atomic mass is 9.90. The molecule has 0 bridgehead atoms. The third kappa shape index (κ3) is 1.95. The van der Waals surface area contributed by atoms with Crippen molar-refractivity contribution in [2.75, 3.05) is 18.0 Å². The SMILES string of the molecule is [C-]#[N+]C1(C)CCN(c2cccc3c2ncn3C)CC1. The first-order chi connectivity index (χ1) is 9.13. The molecule has 2 aromatic rings. The summed E-state index contributed by atoms with van der Waals surface area (Å²) in [4.78, 5) is 10.7. The normalized spacial score (nSPS) is 18.5. The molecule has 1 aromatic heterocycles. The Kier molecular flexibility index (Phi) is 2.70. The van der Waals surface area contributed by atoms with Crippen LogP contribution in [0.4, 0.5) is 5.69 Å². The fourth-order valence-corrected chi connectivity index (χ4v) is 2.74. The zero-order valence-electron chi connectivity index (χ0n) is 11.4. The summed E-state index contributed by atoms with van der Waals surface area (Å²) in [6.07, 6.45) is 3.72. The highest BCUT2D eigenvalue weighted by Gasteiger charge is 2.35. The zero-order chi connectivity index (χ0) is 13.5. The maximum atomic E-state index is 7.29. The standard InChI is InChI=1S/C15H18N4/c1-15(16-2)7-9-19(10-8-15)13-6-4-5-12-14(13)17-11-18(12)3/h4-6,11H,7-10H2,1,3H3. The Morgan fingerprint density at radius 1 is 1.32 bits per heavy atom. The molecule has 0 amide bonds. The Morgan fingerprint density at radius 3 is 2.74 bits per heavy atom. The molecule has 2 heterocycles. The largest absolute Gasteiger partial charge is 0.369 e. The van der Waals surface area contributed by atoms with E-state index in [0.29, 0.717) is 0 Å². The Hall–Kier alpha value is -2.02. The van der Waals surface area contributed by atoms with Gasteiger partial charge in [-0.1, -0.05) is 6.07 Å². The molecule has 1 fully saturated rings. The van der Waals surface area contributed by atoms with Crippen molar-refractivity contribution in [1.82, 2.24) is 9.55 Å². The summed E-state index contributed by atoms with van der Waals surface area (Å²) >= 11 is 0. The summed E-state index contributed by atoms with van der Waals surface area (Å²) in [6, 6.07) is 6.32. The lowest BCUT2D eigenvalue weighted by Gasteiger charge is -2.33. The number of piperidine rings is 1. The van der Waals surface area contributed by atoms with Gasteiger partial charge in [-0.15, -0.1) is 0 Å². The monoisotopic (exact) mass is 254 g/mol. The summed E-state index contributed by atoms with van der Waals surface area (Å²) < 4.78 is 2.05. The van der Waals surface area contributed by atoms with Crippen molar-refractivity contribution in [2.45, 2.75) is 25.3 Å². The van der Waals surface area contributed by atoms with Crippen LogP contribution in [0.25, 0.3) is 15.9 Å². The highest BCUT2D eigenvalue weighted by Crippen LogP contribution is 2.32. The predicted octanol–water partition coefficient (Wildman–Crippen LogP) is 2.85. The van der Waals surface area contributed by atoms with Gasteiger partial charge in [-0.05, 0) is 12.1 Å². The van der Waals surface area contributed by atoms with Gasteiger partial charge in [-0.25, -0.2) is 11.6 Å². The number of para-hydroxylation sites is 1. The van der Waals surface area contributed by atoms with Gasteiger partial charge in [0.25, 0.3) is 0 Å². The summed E-state index contributed by atoms with van der Waals surface area (Å²) in [5.74, 6) is 0. The Balaban J connectivity index is 1.92. The number of nitrogens with zero attached hydrogens (tertiary/aromatic N) is 4. The highest BCUT2D eigenvalue weighted by atomic mass is 15.2. The first-order valence-corrected chi connectivity index (χ1v) is 6.67. The van der Waals surface area contributed by atoms with Crippen LogP contribution in [0.1, 0.15) is 19.8 Å². The van der Waals surface area contributed by atoms with Crippen LogP contribution >= 0.6 is 0 Å². The molecule has 1 aliphatic rings. The molecule has 0 spiro atoms. The van der Waals surface area contributed by atoms with E-state index in [4.69, 9.17) is 6.57 Å². The molecule has 4 nitrogen and oxygen atoms in total. The molecule has 98 valence electrons. The zero-order valence-corrected chi connectivity index (χ0v) is 11.4. The summed E-state index contributed by atoms with van der Waals surface area (Å²) in [5.41, 5.74) is 3.26. The van der Waals surface area contributed by atoms with E-state index in [0.717, 1.165) is 37.0 Å². The maximum absolute atomic E-state index is 7.29. The van der Waals surface area contributed by atoms with E-state index >= 15 is 0 Å². The van der Waals surface area contributed by atoms with Crippen LogP contribution in [0, 0.1) is 6.57 Å². The molecule has 0 saturated carbocycles. The molecule has 0 radical (unpaired) electrons. The van der Waals surface area contributed by atoms with Crippen molar-refractivity contribution in [3.05, 3.63) is 35.9 Å². The van der Waals surface area contributed by atoms with Crippen LogP contribution in [0.2, 0.25) is 0 Å². The fraction of sp³-hybridized carbons (Fsp3) is 0.467. The van der Waals surface area contributed by atoms with Crippen LogP contribution in [-0.4, -0.2) is 28.2 Å². The van der Waals surface area contributed by atoms with E-state index in [2.05, 4.69) is 39.9 Å². The summed E-state index contributed by atoms with van der Waals surface area (Å²) in [7, 11) is 2.02. The molecule has 1 aliphatic heterocycles. The number of anilines is 1. The van der Waals surface area contributed by atoms with Crippen LogP contribution < -0.4 is 4.90 Å². The van der Waals surface area contributed by atoms with Crippen LogP contribution in [0.3, 0.4) is 0 Å². The van der Waals surface area contributed by atoms with Gasteiger partial charge in [0.15, 0.2) is 0 Å². The van der Waals surface area contributed by atoms with Crippen molar-refractivity contribution in [1.29, 1.82) is 0 Å². The molecular weight excluding hydrogens is 236 g/mol. The number of imidazole rings is 1. The number of fused-ring (bicyclic) bond motifs is 1. The van der Waals surface area contributed by atoms with Crippen molar-refractivity contribution < 1.29 is 0 Å². The molecule has 3 rings (SSSR count). The van der Waals surface area contributed by atoms with E-state index in [1.165, 1.54) is 5.69 Å². The van der Waals surface area contributed by atoms with Crippen molar-refractivity contribution in [2.24, 2.45) is 7.05 Å². The van der Waals surface area contributed by atoms with Gasteiger partial charge in [0.2, 0.25) is 5.54 Å². The lowest BCUT2D eigenvalue weighted by Crippen LogP contribution is -2.40. The second kappa shape index (κ2) is 4.27. The van der Waals surface area contributed by atoms with Gasteiger partial charge < -0.3 is 14.3 Å². The highest BCUT2D eigenvalue weighted by molar-refractivity contribution is 5.89. The van der Waals surface area contributed by atoms with E-state index in [9.17, 15) is 0 Å². The van der Waals surface area contributed by atoms with Gasteiger partial charge in [-0.2, -0.15) is 0 Å². The first kappa shape index (κ1) is 12.0. The van der Waals surface area contributed by atoms with Gasteiger partial charge >= 0.3 is 0 Å². The number of aromatic nitrogens is 2. The molecule has 1 saturated heterocycles. The minimum atomic E-state index is -0.172. The quantitative estimate of drug-likeness (QED) is 0.731. The van der Waals surface area contributed by atoms with Gasteiger partial charge in [0, 0.05) is 39.9 Å². The number of hydrogen-bond donors (Lipinski definition) is 0. The van der Waals surface area contributed by atoms with E-state index < -0.39 is 0 Å². The molecule has 1 aromatic carbocycles. The number of hydrogen-bond acceptors (Lipinski definition) is 2. The number of benzene rings is 1. The smallest absolute Gasteiger partial charge is 0.233 e. The maximum Gasteiger partial charge on any atom is 0.233 e. The van der Waals surface area contributed by atoms with E-state index in [1.807, 2.05) is 17.9 Å². The predicted molar refractivity (Wildman–Crippen MR) is 77.2 cm³/mol. The van der Waals surface area contributed by atoms with Gasteiger partial charge in [-0.3, -0.25) is 0 Å². The Labute approximate surface area is 113 Å². The minimum absolute atomic E-state index is 0.172. The average molecular weight is 254 g/mol. The van der Waals surface area contributed by atoms with Crippen LogP contribution in [0.5, 0.6) is 0 Å². The summed E-state index contributed by atoms with van der Waals surface area (Å²) in [6.45, 7) is 11.2. The lowest BCUT2D eigenvalue weighted by molar-refractivity contribution is 0.422. The molecule has 0 atom stereocenters. The van der Waals surface area contributed by atoms with Crippen molar-refractivity contribution >= 4 is 16.7 Å². The second-order valence-corrected chi connectivity index (χ2v) is 5.60. The first-order valence-electron chi connectivity index (χ1n) is 6.67. The number of aryl methyl sites for hydroxylation is 1. The van der Waals surface area contributed by atoms with Gasteiger partial charge in [0.1, 0.15) is 5.52 Å². The molecule has 0 N–H and O–H groups in total. The molecular formula is C15H18N4. The Bertz CT molecular complexity index is 642. The average Bonchev–Trinajstić information content (AvgIpc) is 2.82. The fourth-order valence-electron chi connectivity index (χ4n) is 2.74. The Morgan fingerprint density at radius 2 is 2.05 bits per heavy atom. The topological polar surface area (TPSA) is 25.4 Å². The van der Waals surface area contributed by atoms with Gasteiger partial charge in [0.05, 0.1) is 17.5 Å². The molecule has 0 unspecified atom stereocenters. The number of rotatable bonds is 1. The third-order valence-corrected chi connectivity index (χ3v) is 4.18.